The van der Waals surface area contributed by atoms with E-state index in [-0.39, 0.29) is 11.3 Å². The van der Waals surface area contributed by atoms with E-state index in [1.807, 2.05) is 0 Å². The van der Waals surface area contributed by atoms with Crippen molar-refractivity contribution in [2.24, 2.45) is 0 Å². The highest BCUT2D eigenvalue weighted by atomic mass is 19.1. The van der Waals surface area contributed by atoms with Crippen LogP contribution in [0.4, 0.5) is 14.5 Å². The molecule has 1 heterocycles. The fourth-order valence-electron chi connectivity index (χ4n) is 1.97. The van der Waals surface area contributed by atoms with Crippen LogP contribution >= 0.6 is 0 Å². The molecule has 0 spiro atoms. The van der Waals surface area contributed by atoms with Crippen molar-refractivity contribution >= 4 is 5.69 Å². The average Bonchev–Trinajstić information content (AvgIpc) is 2.32. The SMILES string of the molecule is CNc1c(C)nnc(-c2c(F)cccc2F)c1C. The predicted molar refractivity (Wildman–Crippen MR) is 66.4 cm³/mol. The van der Waals surface area contributed by atoms with E-state index in [0.29, 0.717) is 11.3 Å². The molecule has 1 aromatic heterocycles. The lowest BCUT2D eigenvalue weighted by Gasteiger charge is -2.12. The minimum atomic E-state index is -0.640. The molecule has 1 aromatic carbocycles. The summed E-state index contributed by atoms with van der Waals surface area (Å²) in [5.74, 6) is -1.28. The summed E-state index contributed by atoms with van der Waals surface area (Å²) in [6.45, 7) is 3.54. The van der Waals surface area contributed by atoms with Gasteiger partial charge in [-0.2, -0.15) is 5.10 Å². The Balaban J connectivity index is 2.73. The summed E-state index contributed by atoms with van der Waals surface area (Å²) >= 11 is 0. The third kappa shape index (κ3) is 1.92. The van der Waals surface area contributed by atoms with Crippen molar-refractivity contribution in [1.29, 1.82) is 0 Å². The number of nitrogens with one attached hydrogen (secondary N) is 1. The van der Waals surface area contributed by atoms with Gasteiger partial charge in [0.25, 0.3) is 0 Å². The minimum Gasteiger partial charge on any atom is -0.386 e. The van der Waals surface area contributed by atoms with Crippen molar-refractivity contribution in [2.75, 3.05) is 12.4 Å². The van der Waals surface area contributed by atoms with E-state index in [9.17, 15) is 8.78 Å². The van der Waals surface area contributed by atoms with Crippen molar-refractivity contribution in [1.82, 2.24) is 10.2 Å². The third-order valence-electron chi connectivity index (χ3n) is 2.84. The van der Waals surface area contributed by atoms with Crippen molar-refractivity contribution < 1.29 is 8.78 Å². The number of benzene rings is 1. The summed E-state index contributed by atoms with van der Waals surface area (Å²) in [5, 5.41) is 10.8. The molecule has 0 aliphatic rings. The molecule has 0 aliphatic heterocycles. The van der Waals surface area contributed by atoms with Crippen LogP contribution in [0.5, 0.6) is 0 Å². The van der Waals surface area contributed by atoms with Gasteiger partial charge in [0.1, 0.15) is 17.3 Å². The number of aromatic nitrogens is 2. The van der Waals surface area contributed by atoms with E-state index in [1.54, 1.807) is 20.9 Å². The highest BCUT2D eigenvalue weighted by Gasteiger charge is 2.18. The quantitative estimate of drug-likeness (QED) is 0.888. The lowest BCUT2D eigenvalue weighted by molar-refractivity contribution is 0.588. The van der Waals surface area contributed by atoms with Crippen LogP contribution in [0, 0.1) is 25.5 Å². The predicted octanol–water partition coefficient (Wildman–Crippen LogP) is 3.08. The second kappa shape index (κ2) is 4.68. The Hall–Kier alpha value is -2.04. The Labute approximate surface area is 104 Å². The number of rotatable bonds is 2. The smallest absolute Gasteiger partial charge is 0.135 e. The maximum absolute atomic E-state index is 13.7. The Kier molecular flexibility index (Phi) is 3.23. The van der Waals surface area contributed by atoms with Crippen LogP contribution in [0.2, 0.25) is 0 Å². The molecule has 5 heteroatoms. The van der Waals surface area contributed by atoms with Crippen molar-refractivity contribution in [3.05, 3.63) is 41.1 Å². The van der Waals surface area contributed by atoms with E-state index in [2.05, 4.69) is 15.5 Å². The molecule has 0 saturated heterocycles. The third-order valence-corrected chi connectivity index (χ3v) is 2.84. The maximum Gasteiger partial charge on any atom is 0.135 e. The number of anilines is 1. The second-order valence-corrected chi connectivity index (χ2v) is 3.98. The summed E-state index contributed by atoms with van der Waals surface area (Å²) in [6.07, 6.45) is 0. The van der Waals surface area contributed by atoms with E-state index in [4.69, 9.17) is 0 Å². The lowest BCUT2D eigenvalue weighted by atomic mass is 10.0. The van der Waals surface area contributed by atoms with Crippen LogP contribution in [-0.4, -0.2) is 17.2 Å². The number of nitrogens with zero attached hydrogens (tertiary/aromatic N) is 2. The molecule has 2 rings (SSSR count). The molecular weight excluding hydrogens is 236 g/mol. The fourth-order valence-corrected chi connectivity index (χ4v) is 1.97. The molecule has 0 radical (unpaired) electrons. The van der Waals surface area contributed by atoms with Crippen LogP contribution in [0.1, 0.15) is 11.3 Å². The topological polar surface area (TPSA) is 37.8 Å². The molecule has 18 heavy (non-hydrogen) atoms. The number of halogens is 2. The molecule has 2 aromatic rings. The van der Waals surface area contributed by atoms with Crippen molar-refractivity contribution in [3.8, 4) is 11.3 Å². The van der Waals surface area contributed by atoms with Gasteiger partial charge in [0, 0.05) is 12.6 Å². The first-order valence-electron chi connectivity index (χ1n) is 5.52. The largest absolute Gasteiger partial charge is 0.386 e. The summed E-state index contributed by atoms with van der Waals surface area (Å²) < 4.78 is 27.4. The zero-order valence-electron chi connectivity index (χ0n) is 10.4. The monoisotopic (exact) mass is 249 g/mol. The minimum absolute atomic E-state index is 0.140. The van der Waals surface area contributed by atoms with Crippen LogP contribution in [0.25, 0.3) is 11.3 Å². The van der Waals surface area contributed by atoms with Crippen LogP contribution in [-0.2, 0) is 0 Å². The molecule has 94 valence electrons. The van der Waals surface area contributed by atoms with Gasteiger partial charge in [-0.3, -0.25) is 0 Å². The van der Waals surface area contributed by atoms with Gasteiger partial charge in [-0.25, -0.2) is 8.78 Å². The highest BCUT2D eigenvalue weighted by Crippen LogP contribution is 2.30. The molecule has 0 bridgehead atoms. The summed E-state index contributed by atoms with van der Waals surface area (Å²) in [7, 11) is 1.73. The van der Waals surface area contributed by atoms with Crippen molar-refractivity contribution in [2.45, 2.75) is 13.8 Å². The Morgan fingerprint density at radius 2 is 1.67 bits per heavy atom. The normalized spacial score (nSPS) is 10.5. The van der Waals surface area contributed by atoms with Gasteiger partial charge in [-0.1, -0.05) is 6.07 Å². The molecule has 0 aliphatic carbocycles. The van der Waals surface area contributed by atoms with Gasteiger partial charge >= 0.3 is 0 Å². The van der Waals surface area contributed by atoms with Gasteiger partial charge in [-0.05, 0) is 26.0 Å². The fraction of sp³-hybridized carbons (Fsp3) is 0.231. The van der Waals surface area contributed by atoms with Gasteiger partial charge in [0.05, 0.1) is 16.9 Å². The van der Waals surface area contributed by atoms with Gasteiger partial charge in [-0.15, -0.1) is 5.10 Å². The van der Waals surface area contributed by atoms with Crippen molar-refractivity contribution in [3.63, 3.8) is 0 Å². The zero-order valence-corrected chi connectivity index (χ0v) is 10.4. The maximum atomic E-state index is 13.7. The van der Waals surface area contributed by atoms with Crippen LogP contribution < -0.4 is 5.32 Å². The van der Waals surface area contributed by atoms with Gasteiger partial charge in [0.2, 0.25) is 0 Å². The van der Waals surface area contributed by atoms with Crippen LogP contribution in [0.3, 0.4) is 0 Å². The lowest BCUT2D eigenvalue weighted by Crippen LogP contribution is -2.04. The molecule has 0 atom stereocenters. The molecule has 1 N–H and O–H groups in total. The summed E-state index contributed by atoms with van der Waals surface area (Å²) in [4.78, 5) is 0. The molecular formula is C13H13F2N3. The highest BCUT2D eigenvalue weighted by molar-refractivity contribution is 5.71. The first kappa shape index (κ1) is 12.4. The average molecular weight is 249 g/mol. The van der Waals surface area contributed by atoms with Crippen LogP contribution in [0.15, 0.2) is 18.2 Å². The first-order chi connectivity index (χ1) is 8.56. The van der Waals surface area contributed by atoms with E-state index in [1.165, 1.54) is 18.2 Å². The number of hydrogen-bond donors (Lipinski definition) is 1. The molecule has 0 amide bonds. The molecule has 0 fully saturated rings. The number of aryl methyl sites for hydroxylation is 1. The van der Waals surface area contributed by atoms with E-state index >= 15 is 0 Å². The van der Waals surface area contributed by atoms with Gasteiger partial charge in [0.15, 0.2) is 0 Å². The second-order valence-electron chi connectivity index (χ2n) is 3.98. The zero-order chi connectivity index (χ0) is 13.3. The Morgan fingerprint density at radius 3 is 2.22 bits per heavy atom. The summed E-state index contributed by atoms with van der Waals surface area (Å²) in [6, 6.07) is 3.74. The molecule has 0 saturated carbocycles. The van der Waals surface area contributed by atoms with E-state index in [0.717, 1.165) is 5.69 Å². The van der Waals surface area contributed by atoms with E-state index < -0.39 is 11.6 Å². The first-order valence-corrected chi connectivity index (χ1v) is 5.52. The number of hydrogen-bond acceptors (Lipinski definition) is 3. The molecule has 0 unspecified atom stereocenters. The standard InChI is InChI=1S/C13H13F2N3/c1-7-12(16-3)8(2)17-18-13(7)11-9(14)5-4-6-10(11)15/h4-6H,1-3H3,(H,16,18). The van der Waals surface area contributed by atoms with Gasteiger partial charge < -0.3 is 5.32 Å². The summed E-state index contributed by atoms with van der Waals surface area (Å²) in [5.41, 5.74) is 2.19. The Morgan fingerprint density at radius 1 is 1.06 bits per heavy atom. The molecule has 3 nitrogen and oxygen atoms in total. The Bertz CT molecular complexity index is 577.